The molecule has 21 heavy (non-hydrogen) atoms. The van der Waals surface area contributed by atoms with E-state index in [0.29, 0.717) is 6.54 Å². The van der Waals surface area contributed by atoms with Crippen molar-refractivity contribution in [3.8, 4) is 11.1 Å². The predicted molar refractivity (Wildman–Crippen MR) is 86.7 cm³/mol. The van der Waals surface area contributed by atoms with E-state index < -0.39 is 0 Å². The lowest BCUT2D eigenvalue weighted by Gasteiger charge is -2.11. The second-order valence-corrected chi connectivity index (χ2v) is 5.14. The van der Waals surface area contributed by atoms with E-state index in [1.54, 1.807) is 6.07 Å². The van der Waals surface area contributed by atoms with E-state index in [2.05, 4.69) is 42.6 Å². The van der Waals surface area contributed by atoms with E-state index in [1.807, 2.05) is 18.2 Å². The van der Waals surface area contributed by atoms with E-state index in [4.69, 9.17) is 0 Å². The van der Waals surface area contributed by atoms with Crippen LogP contribution in [0.5, 0.6) is 0 Å². The van der Waals surface area contributed by atoms with Gasteiger partial charge in [0.25, 0.3) is 0 Å². The van der Waals surface area contributed by atoms with Gasteiger partial charge in [-0.1, -0.05) is 49.4 Å². The second kappa shape index (κ2) is 6.06. The third-order valence-electron chi connectivity index (χ3n) is 3.69. The summed E-state index contributed by atoms with van der Waals surface area (Å²) >= 11 is 0. The molecule has 3 rings (SSSR count). The topological polar surface area (TPSA) is 12.0 Å². The Hall–Kier alpha value is -2.19. The van der Waals surface area contributed by atoms with Gasteiger partial charge in [-0.25, -0.2) is 4.39 Å². The molecule has 2 heteroatoms. The molecule has 0 unspecified atom stereocenters. The minimum absolute atomic E-state index is 0.188. The summed E-state index contributed by atoms with van der Waals surface area (Å²) in [7, 11) is 0. The molecule has 0 atom stereocenters. The highest BCUT2D eigenvalue weighted by Crippen LogP contribution is 2.28. The third kappa shape index (κ3) is 2.96. The quantitative estimate of drug-likeness (QED) is 0.726. The van der Waals surface area contributed by atoms with Crippen LogP contribution in [0.2, 0.25) is 0 Å². The molecule has 0 spiro atoms. The molecule has 0 aromatic heterocycles. The molecule has 0 amide bonds. The van der Waals surface area contributed by atoms with Crippen molar-refractivity contribution in [2.24, 2.45) is 0 Å². The summed E-state index contributed by atoms with van der Waals surface area (Å²) in [4.78, 5) is 0. The van der Waals surface area contributed by atoms with Crippen LogP contribution in [0.1, 0.15) is 12.5 Å². The van der Waals surface area contributed by atoms with Gasteiger partial charge in [0.1, 0.15) is 5.82 Å². The van der Waals surface area contributed by atoms with Crippen molar-refractivity contribution in [1.82, 2.24) is 5.32 Å². The summed E-state index contributed by atoms with van der Waals surface area (Å²) in [5.74, 6) is -0.188. The predicted octanol–water partition coefficient (Wildman–Crippen LogP) is 4.76. The van der Waals surface area contributed by atoms with Crippen LogP contribution in [-0.2, 0) is 6.54 Å². The first-order chi connectivity index (χ1) is 10.3. The molecule has 0 aliphatic heterocycles. The third-order valence-corrected chi connectivity index (χ3v) is 3.69. The maximum Gasteiger partial charge on any atom is 0.123 e. The summed E-state index contributed by atoms with van der Waals surface area (Å²) in [6, 6.07) is 19.7. The van der Waals surface area contributed by atoms with Gasteiger partial charge in [-0.05, 0) is 52.2 Å². The minimum Gasteiger partial charge on any atom is -0.313 e. The highest BCUT2D eigenvalue weighted by molar-refractivity contribution is 5.87. The fourth-order valence-electron chi connectivity index (χ4n) is 2.61. The van der Waals surface area contributed by atoms with Gasteiger partial charge in [-0.2, -0.15) is 0 Å². The maximum atomic E-state index is 13.5. The summed E-state index contributed by atoms with van der Waals surface area (Å²) < 4.78 is 13.5. The Morgan fingerprint density at radius 2 is 1.71 bits per heavy atom. The number of hydrogen-bond acceptors (Lipinski definition) is 1. The Bertz CT molecular complexity index is 764. The number of rotatable bonds is 4. The van der Waals surface area contributed by atoms with Crippen molar-refractivity contribution in [2.75, 3.05) is 6.54 Å². The van der Waals surface area contributed by atoms with Crippen LogP contribution in [0.25, 0.3) is 21.9 Å². The Labute approximate surface area is 124 Å². The summed E-state index contributed by atoms with van der Waals surface area (Å²) in [6.07, 6.45) is 0. The Balaban J connectivity index is 2.08. The zero-order chi connectivity index (χ0) is 14.7. The van der Waals surface area contributed by atoms with Gasteiger partial charge in [0.2, 0.25) is 0 Å². The average molecular weight is 279 g/mol. The molecule has 0 radical (unpaired) electrons. The molecule has 0 bridgehead atoms. The molecular weight excluding hydrogens is 261 g/mol. The van der Waals surface area contributed by atoms with E-state index >= 15 is 0 Å². The zero-order valence-electron chi connectivity index (χ0n) is 12.1. The molecule has 0 aliphatic carbocycles. The van der Waals surface area contributed by atoms with Crippen LogP contribution < -0.4 is 5.32 Å². The Morgan fingerprint density at radius 3 is 2.52 bits per heavy atom. The van der Waals surface area contributed by atoms with Gasteiger partial charge in [0, 0.05) is 6.54 Å². The normalized spacial score (nSPS) is 11.0. The number of nitrogens with one attached hydrogen (secondary N) is 1. The van der Waals surface area contributed by atoms with Crippen LogP contribution in [-0.4, -0.2) is 6.54 Å². The molecule has 3 aromatic rings. The minimum atomic E-state index is -0.188. The molecule has 0 aliphatic rings. The molecule has 0 saturated heterocycles. The molecular formula is C19H18FN. The zero-order valence-corrected chi connectivity index (χ0v) is 12.1. The summed E-state index contributed by atoms with van der Waals surface area (Å²) in [5, 5.41) is 5.69. The summed E-state index contributed by atoms with van der Waals surface area (Å²) in [6.45, 7) is 3.60. The SMILES string of the molecule is CCNCc1cc(F)ccc1-c1ccc2ccccc2c1. The molecule has 0 heterocycles. The number of halogens is 1. The van der Waals surface area contributed by atoms with Gasteiger partial charge in [0.15, 0.2) is 0 Å². The Kier molecular flexibility index (Phi) is 3.98. The van der Waals surface area contributed by atoms with E-state index in [1.165, 1.54) is 16.8 Å². The van der Waals surface area contributed by atoms with Crippen LogP contribution in [0, 0.1) is 5.82 Å². The first kappa shape index (κ1) is 13.8. The van der Waals surface area contributed by atoms with Crippen molar-refractivity contribution in [3.05, 3.63) is 72.0 Å². The maximum absolute atomic E-state index is 13.5. The number of fused-ring (bicyclic) bond motifs is 1. The van der Waals surface area contributed by atoms with Gasteiger partial charge < -0.3 is 5.32 Å². The van der Waals surface area contributed by atoms with E-state index in [9.17, 15) is 4.39 Å². The van der Waals surface area contributed by atoms with Crippen molar-refractivity contribution in [2.45, 2.75) is 13.5 Å². The lowest BCUT2D eigenvalue weighted by atomic mass is 9.97. The van der Waals surface area contributed by atoms with Gasteiger partial charge >= 0.3 is 0 Å². The van der Waals surface area contributed by atoms with Crippen LogP contribution in [0.15, 0.2) is 60.7 Å². The largest absolute Gasteiger partial charge is 0.313 e. The fraction of sp³-hybridized carbons (Fsp3) is 0.158. The summed E-state index contributed by atoms with van der Waals surface area (Å²) in [5.41, 5.74) is 3.21. The molecule has 3 aromatic carbocycles. The molecule has 1 nitrogen and oxygen atoms in total. The van der Waals surface area contributed by atoms with E-state index in [0.717, 1.165) is 23.2 Å². The lowest BCUT2D eigenvalue weighted by Crippen LogP contribution is -2.12. The van der Waals surface area contributed by atoms with Gasteiger partial charge in [-0.15, -0.1) is 0 Å². The van der Waals surface area contributed by atoms with Gasteiger partial charge in [0.05, 0.1) is 0 Å². The van der Waals surface area contributed by atoms with Crippen molar-refractivity contribution >= 4 is 10.8 Å². The molecule has 106 valence electrons. The monoisotopic (exact) mass is 279 g/mol. The van der Waals surface area contributed by atoms with Crippen molar-refractivity contribution < 1.29 is 4.39 Å². The average Bonchev–Trinajstić information content (AvgIpc) is 2.52. The standard InChI is InChI=1S/C19H18FN/c1-2-21-13-17-12-18(20)9-10-19(17)16-8-7-14-5-3-4-6-15(14)11-16/h3-12,21H,2,13H2,1H3. The first-order valence-corrected chi connectivity index (χ1v) is 7.26. The molecule has 0 saturated carbocycles. The second-order valence-electron chi connectivity index (χ2n) is 5.14. The molecule has 0 fully saturated rings. The smallest absolute Gasteiger partial charge is 0.123 e. The first-order valence-electron chi connectivity index (χ1n) is 7.26. The Morgan fingerprint density at radius 1 is 0.905 bits per heavy atom. The highest BCUT2D eigenvalue weighted by atomic mass is 19.1. The lowest BCUT2D eigenvalue weighted by molar-refractivity contribution is 0.622. The van der Waals surface area contributed by atoms with Crippen molar-refractivity contribution in [3.63, 3.8) is 0 Å². The van der Waals surface area contributed by atoms with Crippen molar-refractivity contribution in [1.29, 1.82) is 0 Å². The van der Waals surface area contributed by atoms with Gasteiger partial charge in [-0.3, -0.25) is 0 Å². The number of hydrogen-bond donors (Lipinski definition) is 1. The number of benzene rings is 3. The van der Waals surface area contributed by atoms with E-state index in [-0.39, 0.29) is 5.82 Å². The van der Waals surface area contributed by atoms with Crippen LogP contribution in [0.4, 0.5) is 4.39 Å². The fourth-order valence-corrected chi connectivity index (χ4v) is 2.61. The highest BCUT2D eigenvalue weighted by Gasteiger charge is 2.07. The molecule has 1 N–H and O–H groups in total. The van der Waals surface area contributed by atoms with Crippen LogP contribution in [0.3, 0.4) is 0 Å². The van der Waals surface area contributed by atoms with Crippen LogP contribution >= 0.6 is 0 Å².